The van der Waals surface area contributed by atoms with Gasteiger partial charge in [-0.05, 0) is 41.6 Å². The van der Waals surface area contributed by atoms with Gasteiger partial charge in [0.2, 0.25) is 0 Å². The SMILES string of the molecule is Nc1cc(-c2cccc(NC(=O)c3cc4ccccc4s3)c2CCO)n[nH]c1=O. The first-order valence-corrected chi connectivity index (χ1v) is 9.76. The van der Waals surface area contributed by atoms with E-state index in [2.05, 4.69) is 15.5 Å². The van der Waals surface area contributed by atoms with Crippen LogP contribution in [0.4, 0.5) is 11.4 Å². The topological polar surface area (TPSA) is 121 Å². The van der Waals surface area contributed by atoms with Crippen molar-refractivity contribution in [3.8, 4) is 11.3 Å². The highest BCUT2D eigenvalue weighted by molar-refractivity contribution is 7.20. The number of carbonyl (C=O) groups excluding carboxylic acids is 1. The number of anilines is 2. The van der Waals surface area contributed by atoms with Gasteiger partial charge < -0.3 is 16.2 Å². The van der Waals surface area contributed by atoms with Crippen molar-refractivity contribution in [1.29, 1.82) is 0 Å². The normalized spacial score (nSPS) is 10.9. The van der Waals surface area contributed by atoms with Crippen LogP contribution in [0.2, 0.25) is 0 Å². The fraction of sp³-hybridized carbons (Fsp3) is 0.0952. The molecule has 146 valence electrons. The van der Waals surface area contributed by atoms with Crippen molar-refractivity contribution in [2.45, 2.75) is 6.42 Å². The van der Waals surface area contributed by atoms with Crippen LogP contribution in [0.25, 0.3) is 21.3 Å². The van der Waals surface area contributed by atoms with E-state index in [1.807, 2.05) is 30.3 Å². The second-order valence-corrected chi connectivity index (χ2v) is 7.53. The molecule has 2 aromatic heterocycles. The molecular weight excluding hydrogens is 388 g/mol. The molecule has 0 radical (unpaired) electrons. The molecule has 0 unspecified atom stereocenters. The number of nitrogens with two attached hydrogens (primary N) is 1. The lowest BCUT2D eigenvalue weighted by molar-refractivity contribution is 0.103. The first-order valence-electron chi connectivity index (χ1n) is 8.95. The third kappa shape index (κ3) is 3.75. The van der Waals surface area contributed by atoms with Crippen LogP contribution in [0.3, 0.4) is 0 Å². The molecule has 4 rings (SSSR count). The highest BCUT2D eigenvalue weighted by Gasteiger charge is 2.16. The second kappa shape index (κ2) is 7.86. The van der Waals surface area contributed by atoms with Gasteiger partial charge in [0.05, 0.1) is 10.6 Å². The summed E-state index contributed by atoms with van der Waals surface area (Å²) in [5, 5.41) is 19.9. The van der Waals surface area contributed by atoms with E-state index in [1.54, 1.807) is 18.2 Å². The predicted octanol–water partition coefficient (Wildman–Crippen LogP) is 3.02. The van der Waals surface area contributed by atoms with Gasteiger partial charge in [-0.3, -0.25) is 9.59 Å². The number of aromatic nitrogens is 2. The number of rotatable bonds is 5. The second-order valence-electron chi connectivity index (χ2n) is 6.45. The number of fused-ring (bicyclic) bond motifs is 1. The number of nitrogens with one attached hydrogen (secondary N) is 2. The van der Waals surface area contributed by atoms with Gasteiger partial charge in [0.1, 0.15) is 5.69 Å². The fourth-order valence-electron chi connectivity index (χ4n) is 3.16. The Bertz CT molecular complexity index is 1230. The smallest absolute Gasteiger partial charge is 0.287 e. The number of thiophene rings is 1. The number of benzene rings is 2. The Kier molecular flexibility index (Phi) is 5.11. The van der Waals surface area contributed by atoms with Crippen LogP contribution < -0.4 is 16.6 Å². The summed E-state index contributed by atoms with van der Waals surface area (Å²) >= 11 is 1.42. The van der Waals surface area contributed by atoms with Gasteiger partial charge in [0.15, 0.2) is 0 Å². The van der Waals surface area contributed by atoms with Gasteiger partial charge in [-0.1, -0.05) is 30.3 Å². The molecule has 0 atom stereocenters. The molecule has 0 aliphatic heterocycles. The standard InChI is InChI=1S/C21H18N4O3S/c22-15-11-17(24-25-20(15)27)13-5-3-6-16(14(13)8-9-26)23-21(28)19-10-12-4-1-2-7-18(12)29-19/h1-7,10-11,26H,8-9H2,(H2,22,24)(H,23,28)(H,25,27). The Morgan fingerprint density at radius 2 is 2.00 bits per heavy atom. The third-order valence-corrected chi connectivity index (χ3v) is 5.66. The average molecular weight is 406 g/mol. The third-order valence-electron chi connectivity index (χ3n) is 4.54. The zero-order valence-electron chi connectivity index (χ0n) is 15.3. The van der Waals surface area contributed by atoms with E-state index >= 15 is 0 Å². The van der Waals surface area contributed by atoms with Crippen molar-refractivity contribution in [3.63, 3.8) is 0 Å². The number of H-pyrrole nitrogens is 1. The number of aromatic amines is 1. The number of aliphatic hydroxyl groups excluding tert-OH is 1. The first kappa shape index (κ1) is 18.9. The number of hydrogen-bond donors (Lipinski definition) is 4. The molecule has 2 heterocycles. The van der Waals surface area contributed by atoms with Gasteiger partial charge in [-0.2, -0.15) is 5.10 Å². The van der Waals surface area contributed by atoms with E-state index in [1.165, 1.54) is 17.4 Å². The summed E-state index contributed by atoms with van der Waals surface area (Å²) in [5.74, 6) is -0.225. The number of nitrogens with zero attached hydrogens (tertiary/aromatic N) is 1. The van der Waals surface area contributed by atoms with Crippen molar-refractivity contribution >= 4 is 38.7 Å². The molecule has 5 N–H and O–H groups in total. The quantitative estimate of drug-likeness (QED) is 0.406. The van der Waals surface area contributed by atoms with Gasteiger partial charge >= 0.3 is 0 Å². The van der Waals surface area contributed by atoms with Crippen molar-refractivity contribution in [3.05, 3.63) is 75.4 Å². The highest BCUT2D eigenvalue weighted by atomic mass is 32.1. The van der Waals surface area contributed by atoms with Crippen molar-refractivity contribution in [1.82, 2.24) is 10.2 Å². The maximum atomic E-state index is 12.8. The summed E-state index contributed by atoms with van der Waals surface area (Å²) < 4.78 is 1.04. The minimum atomic E-state index is -0.466. The van der Waals surface area contributed by atoms with Crippen LogP contribution in [0.5, 0.6) is 0 Å². The van der Waals surface area contributed by atoms with E-state index in [9.17, 15) is 14.7 Å². The van der Waals surface area contributed by atoms with E-state index in [0.717, 1.165) is 10.1 Å². The van der Waals surface area contributed by atoms with Crippen LogP contribution in [0, 0.1) is 0 Å². The van der Waals surface area contributed by atoms with E-state index < -0.39 is 5.56 Å². The van der Waals surface area contributed by atoms with E-state index in [0.29, 0.717) is 33.8 Å². The molecule has 0 saturated heterocycles. The molecule has 29 heavy (non-hydrogen) atoms. The van der Waals surface area contributed by atoms with Crippen LogP contribution in [0.15, 0.2) is 59.4 Å². The summed E-state index contributed by atoms with van der Waals surface area (Å²) in [6.45, 7) is -0.110. The zero-order valence-corrected chi connectivity index (χ0v) is 16.1. The molecule has 0 aliphatic carbocycles. The average Bonchev–Trinajstić information content (AvgIpc) is 3.16. The molecule has 7 nitrogen and oxygen atoms in total. The molecule has 8 heteroatoms. The summed E-state index contributed by atoms with van der Waals surface area (Å²) in [5.41, 5.74) is 7.72. The number of nitrogen functional groups attached to an aromatic ring is 1. The monoisotopic (exact) mass is 406 g/mol. The Hall–Kier alpha value is -3.49. The maximum absolute atomic E-state index is 12.8. The summed E-state index contributed by atoms with van der Waals surface area (Å²) in [6.07, 6.45) is 0.304. The molecule has 2 aromatic carbocycles. The van der Waals surface area contributed by atoms with Crippen LogP contribution in [-0.4, -0.2) is 27.8 Å². The summed E-state index contributed by atoms with van der Waals surface area (Å²) in [7, 11) is 0. The van der Waals surface area contributed by atoms with Crippen molar-refractivity contribution in [2.75, 3.05) is 17.7 Å². The fourth-order valence-corrected chi connectivity index (χ4v) is 4.12. The summed E-state index contributed by atoms with van der Waals surface area (Å²) in [6, 6.07) is 16.5. The zero-order chi connectivity index (χ0) is 20.4. The van der Waals surface area contributed by atoms with Crippen molar-refractivity contribution < 1.29 is 9.90 Å². The van der Waals surface area contributed by atoms with Crippen LogP contribution >= 0.6 is 11.3 Å². The Balaban J connectivity index is 1.72. The van der Waals surface area contributed by atoms with E-state index in [4.69, 9.17) is 5.73 Å². The predicted molar refractivity (Wildman–Crippen MR) is 115 cm³/mol. The van der Waals surface area contributed by atoms with Crippen molar-refractivity contribution in [2.24, 2.45) is 0 Å². The minimum absolute atomic E-state index is 0.0460. The molecule has 0 saturated carbocycles. The largest absolute Gasteiger partial charge is 0.396 e. The summed E-state index contributed by atoms with van der Waals surface area (Å²) in [4.78, 5) is 25.0. The Labute approximate surface area is 169 Å². The first-order chi connectivity index (χ1) is 14.1. The minimum Gasteiger partial charge on any atom is -0.396 e. The lowest BCUT2D eigenvalue weighted by Gasteiger charge is -2.14. The number of aliphatic hydroxyl groups is 1. The number of hydrogen-bond acceptors (Lipinski definition) is 6. The Morgan fingerprint density at radius 3 is 2.76 bits per heavy atom. The molecule has 0 spiro atoms. The van der Waals surface area contributed by atoms with Gasteiger partial charge in [-0.25, -0.2) is 5.10 Å². The molecule has 4 aromatic rings. The lowest BCUT2D eigenvalue weighted by Crippen LogP contribution is -2.15. The van der Waals surface area contributed by atoms with E-state index in [-0.39, 0.29) is 18.2 Å². The van der Waals surface area contributed by atoms with Crippen LogP contribution in [0.1, 0.15) is 15.2 Å². The van der Waals surface area contributed by atoms with Gasteiger partial charge in [0, 0.05) is 22.6 Å². The molecule has 1 amide bonds. The molecule has 0 fully saturated rings. The molecular formula is C21H18N4O3S. The number of carbonyl (C=O) groups is 1. The highest BCUT2D eigenvalue weighted by Crippen LogP contribution is 2.30. The lowest BCUT2D eigenvalue weighted by atomic mass is 9.99. The Morgan fingerprint density at radius 1 is 1.17 bits per heavy atom. The number of amides is 1. The van der Waals surface area contributed by atoms with Gasteiger partial charge in [-0.15, -0.1) is 11.3 Å². The van der Waals surface area contributed by atoms with Crippen LogP contribution in [-0.2, 0) is 6.42 Å². The molecule has 0 aliphatic rings. The van der Waals surface area contributed by atoms with Gasteiger partial charge in [0.25, 0.3) is 11.5 Å². The molecule has 0 bridgehead atoms. The maximum Gasteiger partial charge on any atom is 0.287 e.